The maximum atomic E-state index is 12.1. The lowest BCUT2D eigenvalue weighted by Gasteiger charge is -2.23. The molecule has 0 aromatic rings. The third kappa shape index (κ3) is 2.86. The van der Waals surface area contributed by atoms with Crippen molar-refractivity contribution in [3.63, 3.8) is 0 Å². The highest BCUT2D eigenvalue weighted by molar-refractivity contribution is 5.82. The van der Waals surface area contributed by atoms with Crippen molar-refractivity contribution in [2.24, 2.45) is 5.41 Å². The summed E-state index contributed by atoms with van der Waals surface area (Å²) in [6, 6.07) is 0. The first-order valence-corrected chi connectivity index (χ1v) is 4.72. The summed E-state index contributed by atoms with van der Waals surface area (Å²) in [5.41, 5.74) is -0.757. The van der Waals surface area contributed by atoms with E-state index < -0.39 is 23.5 Å². The molecule has 1 rings (SSSR count). The Morgan fingerprint density at radius 3 is 2.44 bits per heavy atom. The molecule has 92 valence electrons. The smallest absolute Gasteiger partial charge is 0.471 e. The van der Waals surface area contributed by atoms with Crippen LogP contribution >= 0.6 is 0 Å². The van der Waals surface area contributed by atoms with E-state index in [-0.39, 0.29) is 25.9 Å². The number of halogens is 3. The first kappa shape index (κ1) is 12.8. The van der Waals surface area contributed by atoms with E-state index >= 15 is 0 Å². The number of alkyl halides is 3. The molecule has 1 N–H and O–H groups in total. The van der Waals surface area contributed by atoms with Crippen molar-refractivity contribution >= 4 is 11.9 Å². The molecule has 0 aliphatic carbocycles. The van der Waals surface area contributed by atoms with Crippen LogP contribution in [0.15, 0.2) is 0 Å². The number of aliphatic carboxylic acids is 1. The van der Waals surface area contributed by atoms with Gasteiger partial charge in [0.25, 0.3) is 0 Å². The van der Waals surface area contributed by atoms with E-state index in [2.05, 4.69) is 0 Å². The minimum atomic E-state index is -4.88. The summed E-state index contributed by atoms with van der Waals surface area (Å²) in [5.74, 6) is -2.95. The molecule has 0 aromatic carbocycles. The summed E-state index contributed by atoms with van der Waals surface area (Å²) < 4.78 is 36.3. The second kappa shape index (κ2) is 3.95. The summed E-state index contributed by atoms with van der Waals surface area (Å²) in [5, 5.41) is 8.60. The lowest BCUT2D eigenvalue weighted by Crippen LogP contribution is -2.40. The highest BCUT2D eigenvalue weighted by Crippen LogP contribution is 2.35. The summed E-state index contributed by atoms with van der Waals surface area (Å²) >= 11 is 0. The Balaban J connectivity index is 2.65. The van der Waals surface area contributed by atoms with Gasteiger partial charge in [0, 0.05) is 13.1 Å². The van der Waals surface area contributed by atoms with Gasteiger partial charge in [-0.3, -0.25) is 9.59 Å². The van der Waals surface area contributed by atoms with Crippen LogP contribution in [0.3, 0.4) is 0 Å². The first-order chi connectivity index (χ1) is 7.14. The largest absolute Gasteiger partial charge is 0.481 e. The molecule has 0 aromatic heterocycles. The number of carboxylic acids is 1. The molecule has 0 bridgehead atoms. The number of carbonyl (C=O) groups excluding carboxylic acids is 1. The molecule has 16 heavy (non-hydrogen) atoms. The van der Waals surface area contributed by atoms with Crippen LogP contribution in [0.2, 0.25) is 0 Å². The van der Waals surface area contributed by atoms with Gasteiger partial charge in [-0.2, -0.15) is 13.2 Å². The van der Waals surface area contributed by atoms with E-state index in [0.717, 1.165) is 0 Å². The van der Waals surface area contributed by atoms with Gasteiger partial charge in [-0.15, -0.1) is 0 Å². The average Bonchev–Trinajstić information content (AvgIpc) is 2.43. The van der Waals surface area contributed by atoms with Crippen molar-refractivity contribution in [3.8, 4) is 0 Å². The highest BCUT2D eigenvalue weighted by atomic mass is 19.4. The third-order valence-corrected chi connectivity index (χ3v) is 2.67. The van der Waals surface area contributed by atoms with Gasteiger partial charge < -0.3 is 10.0 Å². The molecule has 4 nitrogen and oxygen atoms in total. The second-order valence-corrected chi connectivity index (χ2v) is 4.36. The van der Waals surface area contributed by atoms with Crippen molar-refractivity contribution in [2.75, 3.05) is 13.1 Å². The summed E-state index contributed by atoms with van der Waals surface area (Å²) in [6.07, 6.45) is -4.83. The van der Waals surface area contributed by atoms with Crippen LogP contribution in [0.25, 0.3) is 0 Å². The Bertz CT molecular complexity index is 316. The SMILES string of the molecule is CC1(CC(=O)O)CCN(C(=O)C(F)(F)F)C1. The van der Waals surface area contributed by atoms with Crippen molar-refractivity contribution in [1.29, 1.82) is 0 Å². The van der Waals surface area contributed by atoms with E-state index in [1.165, 1.54) is 0 Å². The van der Waals surface area contributed by atoms with E-state index in [0.29, 0.717) is 4.90 Å². The molecule has 7 heteroatoms. The number of carboxylic acid groups (broad SMARTS) is 1. The molecule has 0 radical (unpaired) electrons. The van der Waals surface area contributed by atoms with Crippen molar-refractivity contribution in [3.05, 3.63) is 0 Å². The minimum Gasteiger partial charge on any atom is -0.481 e. The van der Waals surface area contributed by atoms with E-state index in [9.17, 15) is 22.8 Å². The van der Waals surface area contributed by atoms with Gasteiger partial charge in [-0.05, 0) is 11.8 Å². The monoisotopic (exact) mass is 239 g/mol. The molecule has 1 heterocycles. The number of rotatable bonds is 2. The second-order valence-electron chi connectivity index (χ2n) is 4.36. The van der Waals surface area contributed by atoms with Gasteiger partial charge in [0.1, 0.15) is 0 Å². The molecule has 1 saturated heterocycles. The van der Waals surface area contributed by atoms with Crippen LogP contribution in [0.1, 0.15) is 19.8 Å². The van der Waals surface area contributed by atoms with Crippen LogP contribution in [-0.4, -0.2) is 41.1 Å². The number of hydrogen-bond acceptors (Lipinski definition) is 2. The number of hydrogen-bond donors (Lipinski definition) is 1. The lowest BCUT2D eigenvalue weighted by atomic mass is 9.86. The van der Waals surface area contributed by atoms with Crippen LogP contribution in [0.5, 0.6) is 0 Å². The fourth-order valence-corrected chi connectivity index (χ4v) is 1.89. The van der Waals surface area contributed by atoms with Crippen LogP contribution < -0.4 is 0 Å². The number of carbonyl (C=O) groups is 2. The van der Waals surface area contributed by atoms with Crippen molar-refractivity contribution < 1.29 is 27.9 Å². The molecule has 1 aliphatic heterocycles. The Kier molecular flexibility index (Phi) is 3.16. The molecule has 1 atom stereocenters. The maximum Gasteiger partial charge on any atom is 0.471 e. The van der Waals surface area contributed by atoms with Gasteiger partial charge in [-0.1, -0.05) is 6.92 Å². The summed E-state index contributed by atoms with van der Waals surface area (Å²) in [7, 11) is 0. The maximum absolute atomic E-state index is 12.1. The molecule has 1 unspecified atom stereocenters. The molecule has 0 saturated carbocycles. The lowest BCUT2D eigenvalue weighted by molar-refractivity contribution is -0.184. The topological polar surface area (TPSA) is 57.6 Å². The van der Waals surface area contributed by atoms with E-state index in [1.807, 2.05) is 0 Å². The molecular weight excluding hydrogens is 227 g/mol. The zero-order valence-corrected chi connectivity index (χ0v) is 8.67. The molecule has 1 aliphatic rings. The van der Waals surface area contributed by atoms with E-state index in [1.54, 1.807) is 6.92 Å². The third-order valence-electron chi connectivity index (χ3n) is 2.67. The van der Waals surface area contributed by atoms with Crippen LogP contribution in [0.4, 0.5) is 13.2 Å². The van der Waals surface area contributed by atoms with Crippen molar-refractivity contribution in [2.45, 2.75) is 25.9 Å². The summed E-state index contributed by atoms with van der Waals surface area (Å²) in [6.45, 7) is 1.38. The Morgan fingerprint density at radius 2 is 2.00 bits per heavy atom. The Labute approximate surface area is 90.0 Å². The van der Waals surface area contributed by atoms with Crippen molar-refractivity contribution in [1.82, 2.24) is 4.90 Å². The molecule has 1 fully saturated rings. The zero-order valence-electron chi connectivity index (χ0n) is 8.67. The van der Waals surface area contributed by atoms with Gasteiger partial charge in [0.15, 0.2) is 0 Å². The molecular formula is C9H12F3NO3. The normalized spacial score (nSPS) is 25.9. The zero-order chi connectivity index (χ0) is 12.6. The fraction of sp³-hybridized carbons (Fsp3) is 0.778. The van der Waals surface area contributed by atoms with E-state index in [4.69, 9.17) is 5.11 Å². The first-order valence-electron chi connectivity index (χ1n) is 4.72. The molecule has 1 amide bonds. The Morgan fingerprint density at radius 1 is 1.44 bits per heavy atom. The summed E-state index contributed by atoms with van der Waals surface area (Å²) in [4.78, 5) is 22.1. The number of likely N-dealkylation sites (tertiary alicyclic amines) is 1. The average molecular weight is 239 g/mol. The predicted molar refractivity (Wildman–Crippen MR) is 47.6 cm³/mol. The minimum absolute atomic E-state index is 0.0396. The van der Waals surface area contributed by atoms with Gasteiger partial charge in [-0.25, -0.2) is 0 Å². The molecule has 0 spiro atoms. The standard InChI is InChI=1S/C9H12F3NO3/c1-8(4-6(14)15)2-3-13(5-8)7(16)9(10,11)12/h2-5H2,1H3,(H,14,15). The van der Waals surface area contributed by atoms with Crippen LogP contribution in [-0.2, 0) is 9.59 Å². The fourth-order valence-electron chi connectivity index (χ4n) is 1.89. The van der Waals surface area contributed by atoms with Gasteiger partial charge in [0.05, 0.1) is 6.42 Å². The number of nitrogens with zero attached hydrogens (tertiary/aromatic N) is 1. The predicted octanol–water partition coefficient (Wildman–Crippen LogP) is 1.26. The Hall–Kier alpha value is -1.27. The van der Waals surface area contributed by atoms with Crippen LogP contribution in [0, 0.1) is 5.41 Å². The quantitative estimate of drug-likeness (QED) is 0.789. The van der Waals surface area contributed by atoms with Gasteiger partial charge >= 0.3 is 18.1 Å². The number of amides is 1. The van der Waals surface area contributed by atoms with Gasteiger partial charge in [0.2, 0.25) is 0 Å². The highest BCUT2D eigenvalue weighted by Gasteiger charge is 2.47.